The van der Waals surface area contributed by atoms with Gasteiger partial charge in [0.25, 0.3) is 4.60 Å². The lowest BCUT2D eigenvalue weighted by atomic mass is 10.5. The molecule has 0 atom stereocenters. The lowest BCUT2D eigenvalue weighted by Gasteiger charge is -1.85. The average molecular weight is 254 g/mol. The first kappa shape index (κ1) is 7.02. The van der Waals surface area contributed by atoms with Crippen LogP contribution in [0.25, 0.3) is 0 Å². The maximum atomic E-state index is 8.94. The van der Waals surface area contributed by atoms with Gasteiger partial charge in [-0.3, -0.25) is 5.21 Å². The van der Waals surface area contributed by atoms with Crippen LogP contribution in [0, 0.1) is 0 Å². The van der Waals surface area contributed by atoms with Crippen LogP contribution in [0.5, 0.6) is 0 Å². The fourth-order valence-corrected chi connectivity index (χ4v) is 1.01. The summed E-state index contributed by atoms with van der Waals surface area (Å²) in [5.41, 5.74) is 0. The number of hydrogen-bond donors (Lipinski definition) is 1. The molecule has 1 heterocycles. The van der Waals surface area contributed by atoms with Crippen LogP contribution in [0.2, 0.25) is 0 Å². The van der Waals surface area contributed by atoms with Crippen molar-refractivity contribution >= 4 is 31.9 Å². The zero-order chi connectivity index (χ0) is 6.85. The van der Waals surface area contributed by atoms with Crippen LogP contribution in [-0.2, 0) is 0 Å². The third-order valence-corrected chi connectivity index (χ3v) is 1.94. The molecule has 0 spiro atoms. The summed E-state index contributed by atoms with van der Waals surface area (Å²) in [5, 5.41) is 8.94. The van der Waals surface area contributed by atoms with Gasteiger partial charge in [0.15, 0.2) is 0 Å². The molecule has 1 rings (SSSR count). The molecule has 1 aromatic heterocycles. The summed E-state index contributed by atoms with van der Waals surface area (Å²) in [4.78, 5) is 0. The van der Waals surface area contributed by atoms with E-state index in [0.717, 1.165) is 9.20 Å². The summed E-state index contributed by atoms with van der Waals surface area (Å²) >= 11 is 6.32. The standard InChI is InChI=1S/C5H4Br2NO/c6-4-1-2-5(7)8(9)3-4/h1-3,9H/q+1. The molecule has 4 heteroatoms. The van der Waals surface area contributed by atoms with E-state index in [1.54, 1.807) is 12.3 Å². The summed E-state index contributed by atoms with van der Waals surface area (Å²) in [5.74, 6) is 0. The van der Waals surface area contributed by atoms with Crippen LogP contribution in [0.4, 0.5) is 0 Å². The molecule has 0 aromatic carbocycles. The maximum absolute atomic E-state index is 8.94. The van der Waals surface area contributed by atoms with Gasteiger partial charge in [-0.1, -0.05) is 0 Å². The summed E-state index contributed by atoms with van der Waals surface area (Å²) in [7, 11) is 0. The van der Waals surface area contributed by atoms with E-state index in [9.17, 15) is 0 Å². The first-order chi connectivity index (χ1) is 4.20. The fraction of sp³-hybridized carbons (Fsp3) is 0. The van der Waals surface area contributed by atoms with Crippen LogP contribution in [0.15, 0.2) is 27.4 Å². The summed E-state index contributed by atoms with van der Waals surface area (Å²) in [6.07, 6.45) is 1.55. The number of rotatable bonds is 0. The molecule has 0 unspecified atom stereocenters. The van der Waals surface area contributed by atoms with Crippen molar-refractivity contribution in [2.75, 3.05) is 0 Å². The molecule has 0 saturated heterocycles. The molecule has 0 aliphatic rings. The third-order valence-electron chi connectivity index (χ3n) is 0.845. The van der Waals surface area contributed by atoms with E-state index in [1.807, 2.05) is 6.07 Å². The second kappa shape index (κ2) is 2.66. The second-order valence-electron chi connectivity index (χ2n) is 1.51. The van der Waals surface area contributed by atoms with Crippen LogP contribution in [0.3, 0.4) is 0 Å². The second-order valence-corrected chi connectivity index (χ2v) is 3.24. The first-order valence-electron chi connectivity index (χ1n) is 2.26. The van der Waals surface area contributed by atoms with Crippen molar-refractivity contribution in [1.82, 2.24) is 0 Å². The van der Waals surface area contributed by atoms with Crippen molar-refractivity contribution in [3.63, 3.8) is 0 Å². The molecule has 0 bridgehead atoms. The molecule has 1 aromatic rings. The first-order valence-corrected chi connectivity index (χ1v) is 3.85. The lowest BCUT2D eigenvalue weighted by Crippen LogP contribution is -2.30. The molecule has 0 aliphatic carbocycles. The van der Waals surface area contributed by atoms with Crippen molar-refractivity contribution < 1.29 is 9.94 Å². The van der Waals surface area contributed by atoms with E-state index >= 15 is 0 Å². The van der Waals surface area contributed by atoms with Gasteiger partial charge in [0.1, 0.15) is 0 Å². The molecule has 0 amide bonds. The van der Waals surface area contributed by atoms with Crippen LogP contribution >= 0.6 is 31.9 Å². The van der Waals surface area contributed by atoms with Gasteiger partial charge in [-0.05, 0) is 22.0 Å². The molecule has 0 fully saturated rings. The predicted molar refractivity (Wildman–Crippen MR) is 39.2 cm³/mol. The Labute approximate surface area is 69.3 Å². The van der Waals surface area contributed by atoms with Crippen molar-refractivity contribution in [3.8, 4) is 0 Å². The van der Waals surface area contributed by atoms with Crippen molar-refractivity contribution in [2.45, 2.75) is 0 Å². The van der Waals surface area contributed by atoms with E-state index in [0.29, 0.717) is 4.60 Å². The molecule has 0 radical (unpaired) electrons. The number of halogens is 2. The Morgan fingerprint density at radius 1 is 1.33 bits per heavy atom. The monoisotopic (exact) mass is 252 g/mol. The topological polar surface area (TPSA) is 24.1 Å². The zero-order valence-electron chi connectivity index (χ0n) is 4.38. The molecule has 9 heavy (non-hydrogen) atoms. The Morgan fingerprint density at radius 2 is 2.00 bits per heavy atom. The zero-order valence-corrected chi connectivity index (χ0v) is 7.55. The van der Waals surface area contributed by atoms with Gasteiger partial charge in [-0.15, -0.1) is 0 Å². The van der Waals surface area contributed by atoms with E-state index in [1.165, 1.54) is 0 Å². The third kappa shape index (κ3) is 1.66. The Bertz CT molecular complexity index is 226. The van der Waals surface area contributed by atoms with Crippen molar-refractivity contribution in [2.24, 2.45) is 0 Å². The average Bonchev–Trinajstić information content (AvgIpc) is 1.80. The number of aromatic nitrogens is 1. The highest BCUT2D eigenvalue weighted by Crippen LogP contribution is 2.08. The van der Waals surface area contributed by atoms with Gasteiger partial charge in [0, 0.05) is 26.7 Å². The largest absolute Gasteiger partial charge is 0.298 e. The fourth-order valence-electron chi connectivity index (χ4n) is 0.446. The van der Waals surface area contributed by atoms with Crippen LogP contribution in [0.1, 0.15) is 0 Å². The number of nitrogens with zero attached hydrogens (tertiary/aromatic N) is 1. The van der Waals surface area contributed by atoms with Crippen LogP contribution in [-0.4, -0.2) is 5.21 Å². The minimum absolute atomic E-state index is 0.630. The van der Waals surface area contributed by atoms with Gasteiger partial charge in [-0.2, -0.15) is 0 Å². The molecular weight excluding hydrogens is 250 g/mol. The Morgan fingerprint density at radius 3 is 2.44 bits per heavy atom. The van der Waals surface area contributed by atoms with E-state index in [4.69, 9.17) is 5.21 Å². The number of hydrogen-bond acceptors (Lipinski definition) is 1. The minimum Gasteiger partial charge on any atom is -0.284 e. The smallest absolute Gasteiger partial charge is 0.284 e. The normalized spacial score (nSPS) is 9.56. The van der Waals surface area contributed by atoms with E-state index in [-0.39, 0.29) is 0 Å². The van der Waals surface area contributed by atoms with Gasteiger partial charge in [0.05, 0.1) is 4.47 Å². The van der Waals surface area contributed by atoms with Crippen LogP contribution < -0.4 is 4.73 Å². The van der Waals surface area contributed by atoms with Crippen molar-refractivity contribution in [1.29, 1.82) is 0 Å². The lowest BCUT2D eigenvalue weighted by molar-refractivity contribution is -0.913. The molecular formula is C5H4Br2NO+. The highest BCUT2D eigenvalue weighted by atomic mass is 79.9. The van der Waals surface area contributed by atoms with Gasteiger partial charge >= 0.3 is 0 Å². The van der Waals surface area contributed by atoms with Gasteiger partial charge < -0.3 is 0 Å². The van der Waals surface area contributed by atoms with E-state index < -0.39 is 0 Å². The molecule has 1 N–H and O–H groups in total. The maximum Gasteiger partial charge on any atom is 0.298 e. The molecule has 2 nitrogen and oxygen atoms in total. The molecule has 48 valence electrons. The number of pyridine rings is 1. The highest BCUT2D eigenvalue weighted by molar-refractivity contribution is 9.10. The van der Waals surface area contributed by atoms with Gasteiger partial charge in [-0.25, -0.2) is 0 Å². The highest BCUT2D eigenvalue weighted by Gasteiger charge is 2.03. The summed E-state index contributed by atoms with van der Waals surface area (Å²) < 4.78 is 2.46. The van der Waals surface area contributed by atoms with Gasteiger partial charge in [0.2, 0.25) is 6.20 Å². The summed E-state index contributed by atoms with van der Waals surface area (Å²) in [6, 6.07) is 3.57. The SMILES string of the molecule is O[n+]1cc(Br)ccc1Br. The van der Waals surface area contributed by atoms with Crippen molar-refractivity contribution in [3.05, 3.63) is 27.4 Å². The Hall–Kier alpha value is -0.0900. The minimum atomic E-state index is 0.630. The predicted octanol–water partition coefficient (Wildman–Crippen LogP) is 1.74. The summed E-state index contributed by atoms with van der Waals surface area (Å²) in [6.45, 7) is 0. The Balaban J connectivity index is 3.17. The quantitative estimate of drug-likeness (QED) is 0.425. The molecule has 0 saturated carbocycles. The van der Waals surface area contributed by atoms with E-state index in [2.05, 4.69) is 31.9 Å². The molecule has 0 aliphatic heterocycles. The Kier molecular flexibility index (Phi) is 2.08.